The number of nitrogens with one attached hydrogen (secondary N) is 1. The van der Waals surface area contributed by atoms with Crippen LogP contribution in [0.25, 0.3) is 0 Å². The molecule has 1 heterocycles. The molecule has 0 saturated carbocycles. The van der Waals surface area contributed by atoms with Gasteiger partial charge in [0.05, 0.1) is 12.5 Å². The van der Waals surface area contributed by atoms with E-state index in [1.165, 1.54) is 5.56 Å². The van der Waals surface area contributed by atoms with Gasteiger partial charge in [-0.1, -0.05) is 30.3 Å². The van der Waals surface area contributed by atoms with Crippen molar-refractivity contribution < 1.29 is 14.7 Å². The second kappa shape index (κ2) is 6.33. The SMILES string of the molecule is O=C(O)CC1NCCN(CCc2ccccc2)C1=O. The summed E-state index contributed by atoms with van der Waals surface area (Å²) in [7, 11) is 0. The second-order valence-corrected chi connectivity index (χ2v) is 4.67. The van der Waals surface area contributed by atoms with Gasteiger partial charge in [-0.3, -0.25) is 9.59 Å². The lowest BCUT2D eigenvalue weighted by Gasteiger charge is -2.32. The molecule has 1 aliphatic rings. The predicted octanol–water partition coefficient (Wildman–Crippen LogP) is 0.504. The lowest BCUT2D eigenvalue weighted by Crippen LogP contribution is -2.56. The summed E-state index contributed by atoms with van der Waals surface area (Å²) in [5, 5.41) is 11.7. The number of carbonyl (C=O) groups excluding carboxylic acids is 1. The van der Waals surface area contributed by atoms with Gasteiger partial charge in [0.15, 0.2) is 0 Å². The number of carboxylic acids is 1. The van der Waals surface area contributed by atoms with Crippen molar-refractivity contribution in [3.05, 3.63) is 35.9 Å². The van der Waals surface area contributed by atoms with E-state index in [2.05, 4.69) is 5.32 Å². The third kappa shape index (κ3) is 3.79. The zero-order valence-electron chi connectivity index (χ0n) is 10.7. The first kappa shape index (κ1) is 13.5. The fourth-order valence-electron chi connectivity index (χ4n) is 2.26. The highest BCUT2D eigenvalue weighted by atomic mass is 16.4. The first-order valence-corrected chi connectivity index (χ1v) is 6.44. The first-order valence-electron chi connectivity index (χ1n) is 6.44. The van der Waals surface area contributed by atoms with Gasteiger partial charge >= 0.3 is 5.97 Å². The average molecular weight is 262 g/mol. The molecule has 0 aromatic heterocycles. The number of benzene rings is 1. The number of nitrogens with zero attached hydrogens (tertiary/aromatic N) is 1. The van der Waals surface area contributed by atoms with Crippen molar-refractivity contribution in [3.63, 3.8) is 0 Å². The largest absolute Gasteiger partial charge is 0.481 e. The number of hydrogen-bond acceptors (Lipinski definition) is 3. The Labute approximate surface area is 112 Å². The quantitative estimate of drug-likeness (QED) is 0.811. The highest BCUT2D eigenvalue weighted by Gasteiger charge is 2.29. The van der Waals surface area contributed by atoms with Gasteiger partial charge in [0.1, 0.15) is 0 Å². The molecule has 0 spiro atoms. The normalized spacial score (nSPS) is 19.5. The topological polar surface area (TPSA) is 69.6 Å². The highest BCUT2D eigenvalue weighted by Crippen LogP contribution is 2.07. The van der Waals surface area contributed by atoms with Crippen molar-refractivity contribution in [2.45, 2.75) is 18.9 Å². The van der Waals surface area contributed by atoms with Crippen LogP contribution in [0.5, 0.6) is 0 Å². The molecular formula is C14H18N2O3. The van der Waals surface area contributed by atoms with Gasteiger partial charge in [-0.15, -0.1) is 0 Å². The van der Waals surface area contributed by atoms with Crippen molar-refractivity contribution in [2.24, 2.45) is 0 Å². The van der Waals surface area contributed by atoms with Crippen LogP contribution in [-0.4, -0.2) is 47.6 Å². The molecule has 2 rings (SSSR count). The number of carboxylic acid groups (broad SMARTS) is 1. The molecule has 1 fully saturated rings. The van der Waals surface area contributed by atoms with Crippen LogP contribution >= 0.6 is 0 Å². The summed E-state index contributed by atoms with van der Waals surface area (Å²) in [5.41, 5.74) is 1.18. The highest BCUT2D eigenvalue weighted by molar-refractivity contribution is 5.86. The summed E-state index contributed by atoms with van der Waals surface area (Å²) in [4.78, 5) is 24.5. The Balaban J connectivity index is 1.89. The minimum Gasteiger partial charge on any atom is -0.481 e. The third-order valence-electron chi connectivity index (χ3n) is 3.27. The molecule has 1 unspecified atom stereocenters. The Kier molecular flexibility index (Phi) is 4.52. The summed E-state index contributed by atoms with van der Waals surface area (Å²) in [5.74, 6) is -1.06. The van der Waals surface area contributed by atoms with Gasteiger partial charge in [-0.05, 0) is 12.0 Å². The molecule has 19 heavy (non-hydrogen) atoms. The minimum absolute atomic E-state index is 0.107. The minimum atomic E-state index is -0.948. The summed E-state index contributed by atoms with van der Waals surface area (Å²) in [6, 6.07) is 9.39. The molecule has 102 valence electrons. The van der Waals surface area contributed by atoms with E-state index in [9.17, 15) is 9.59 Å². The van der Waals surface area contributed by atoms with Crippen LogP contribution in [0.4, 0.5) is 0 Å². The molecule has 1 aliphatic heterocycles. The Morgan fingerprint density at radius 3 is 2.79 bits per heavy atom. The molecule has 1 aromatic carbocycles. The zero-order chi connectivity index (χ0) is 13.7. The predicted molar refractivity (Wildman–Crippen MR) is 70.8 cm³/mol. The van der Waals surface area contributed by atoms with E-state index in [1.807, 2.05) is 30.3 Å². The van der Waals surface area contributed by atoms with Gasteiger partial charge in [-0.25, -0.2) is 0 Å². The number of aliphatic carboxylic acids is 1. The fraction of sp³-hybridized carbons (Fsp3) is 0.429. The van der Waals surface area contributed by atoms with E-state index in [1.54, 1.807) is 4.90 Å². The number of piperazine rings is 1. The van der Waals surface area contributed by atoms with E-state index in [-0.39, 0.29) is 12.3 Å². The molecule has 1 aromatic rings. The molecule has 0 radical (unpaired) electrons. The van der Waals surface area contributed by atoms with Crippen LogP contribution in [0, 0.1) is 0 Å². The molecule has 2 N–H and O–H groups in total. The second-order valence-electron chi connectivity index (χ2n) is 4.67. The van der Waals surface area contributed by atoms with E-state index in [0.717, 1.165) is 6.42 Å². The standard InChI is InChI=1S/C14H18N2O3/c17-13(18)10-12-14(19)16(9-7-15-12)8-6-11-4-2-1-3-5-11/h1-5,12,15H,6-10H2,(H,17,18). The first-order chi connectivity index (χ1) is 9.16. The van der Waals surface area contributed by atoms with Crippen LogP contribution in [-0.2, 0) is 16.0 Å². The van der Waals surface area contributed by atoms with Crippen LogP contribution in [0.15, 0.2) is 30.3 Å². The van der Waals surface area contributed by atoms with Gasteiger partial charge in [-0.2, -0.15) is 0 Å². The van der Waals surface area contributed by atoms with Crippen molar-refractivity contribution in [3.8, 4) is 0 Å². The monoisotopic (exact) mass is 262 g/mol. The van der Waals surface area contributed by atoms with E-state index in [0.29, 0.717) is 19.6 Å². The maximum Gasteiger partial charge on any atom is 0.305 e. The molecule has 1 atom stereocenters. The van der Waals surface area contributed by atoms with Crippen molar-refractivity contribution in [1.29, 1.82) is 0 Å². The Morgan fingerprint density at radius 1 is 1.37 bits per heavy atom. The van der Waals surface area contributed by atoms with E-state index >= 15 is 0 Å². The smallest absolute Gasteiger partial charge is 0.305 e. The zero-order valence-corrected chi connectivity index (χ0v) is 10.7. The Morgan fingerprint density at radius 2 is 2.11 bits per heavy atom. The molecule has 1 saturated heterocycles. The average Bonchev–Trinajstić information content (AvgIpc) is 2.40. The van der Waals surface area contributed by atoms with Gasteiger partial charge in [0.25, 0.3) is 0 Å². The van der Waals surface area contributed by atoms with Crippen molar-refractivity contribution >= 4 is 11.9 Å². The Hall–Kier alpha value is -1.88. The summed E-state index contributed by atoms with van der Waals surface area (Å²) >= 11 is 0. The van der Waals surface area contributed by atoms with Crippen LogP contribution in [0.2, 0.25) is 0 Å². The van der Waals surface area contributed by atoms with Gasteiger partial charge in [0.2, 0.25) is 5.91 Å². The lowest BCUT2D eigenvalue weighted by atomic mass is 10.1. The third-order valence-corrected chi connectivity index (χ3v) is 3.27. The lowest BCUT2D eigenvalue weighted by molar-refractivity contribution is -0.144. The molecule has 0 aliphatic carbocycles. The van der Waals surface area contributed by atoms with E-state index < -0.39 is 12.0 Å². The number of amides is 1. The van der Waals surface area contributed by atoms with Crippen LogP contribution < -0.4 is 5.32 Å². The molecule has 0 bridgehead atoms. The molecule has 5 heteroatoms. The summed E-state index contributed by atoms with van der Waals surface area (Å²) < 4.78 is 0. The maximum absolute atomic E-state index is 12.1. The van der Waals surface area contributed by atoms with Gasteiger partial charge in [0, 0.05) is 19.6 Å². The number of rotatable bonds is 5. The summed E-state index contributed by atoms with van der Waals surface area (Å²) in [6.07, 6.45) is 0.646. The summed E-state index contributed by atoms with van der Waals surface area (Å²) in [6.45, 7) is 1.93. The van der Waals surface area contributed by atoms with Crippen LogP contribution in [0.3, 0.4) is 0 Å². The fourth-order valence-corrected chi connectivity index (χ4v) is 2.26. The Bertz CT molecular complexity index is 447. The van der Waals surface area contributed by atoms with Crippen LogP contribution in [0.1, 0.15) is 12.0 Å². The maximum atomic E-state index is 12.1. The number of hydrogen-bond donors (Lipinski definition) is 2. The van der Waals surface area contributed by atoms with E-state index in [4.69, 9.17) is 5.11 Å². The molecular weight excluding hydrogens is 244 g/mol. The van der Waals surface area contributed by atoms with Crippen molar-refractivity contribution in [1.82, 2.24) is 10.2 Å². The van der Waals surface area contributed by atoms with Crippen molar-refractivity contribution in [2.75, 3.05) is 19.6 Å². The number of carbonyl (C=O) groups is 2. The molecule has 1 amide bonds. The van der Waals surface area contributed by atoms with Gasteiger partial charge < -0.3 is 15.3 Å². The molecule has 5 nitrogen and oxygen atoms in total.